The molecule has 114 valence electrons. The van der Waals surface area contributed by atoms with Gasteiger partial charge in [0.2, 0.25) is 5.95 Å². The summed E-state index contributed by atoms with van der Waals surface area (Å²) in [6.07, 6.45) is 1.66. The van der Waals surface area contributed by atoms with E-state index in [0.717, 1.165) is 29.1 Å². The standard InChI is InChI=1S/C15H13N7S/c16-15-18-7-10-13(21-22-14(10)20-15)11-2-1-3-12(19-11)17-6-9-4-5-23-8-9/h1-5,7-8H,6H2,(H,17,19)(H3,16,18,20,21,22). The molecule has 7 nitrogen and oxygen atoms in total. The van der Waals surface area contributed by atoms with E-state index in [1.54, 1.807) is 17.5 Å². The summed E-state index contributed by atoms with van der Waals surface area (Å²) in [6.45, 7) is 0.739. The van der Waals surface area contributed by atoms with Crippen molar-refractivity contribution < 1.29 is 0 Å². The van der Waals surface area contributed by atoms with Crippen LogP contribution in [-0.4, -0.2) is 25.1 Å². The number of H-pyrrole nitrogens is 1. The molecule has 4 aromatic heterocycles. The third-order valence-electron chi connectivity index (χ3n) is 3.39. The second kappa shape index (κ2) is 5.65. The lowest BCUT2D eigenvalue weighted by Crippen LogP contribution is -2.00. The summed E-state index contributed by atoms with van der Waals surface area (Å²) >= 11 is 1.68. The first-order valence-electron chi connectivity index (χ1n) is 6.98. The Balaban J connectivity index is 1.64. The number of hydrogen-bond acceptors (Lipinski definition) is 7. The summed E-state index contributed by atoms with van der Waals surface area (Å²) in [6, 6.07) is 7.89. The Labute approximate surface area is 135 Å². The fourth-order valence-electron chi connectivity index (χ4n) is 2.27. The lowest BCUT2D eigenvalue weighted by Gasteiger charge is -2.06. The molecule has 4 rings (SSSR count). The molecule has 0 aliphatic carbocycles. The molecule has 0 unspecified atom stereocenters. The van der Waals surface area contributed by atoms with E-state index in [1.807, 2.05) is 18.2 Å². The molecule has 4 aromatic rings. The summed E-state index contributed by atoms with van der Waals surface area (Å²) in [5.74, 6) is 1.00. The molecule has 0 spiro atoms. The highest BCUT2D eigenvalue weighted by atomic mass is 32.1. The Morgan fingerprint density at radius 3 is 3.04 bits per heavy atom. The van der Waals surface area contributed by atoms with Crippen molar-refractivity contribution in [3.8, 4) is 11.4 Å². The number of hydrogen-bond donors (Lipinski definition) is 3. The minimum atomic E-state index is 0.203. The number of aromatic amines is 1. The summed E-state index contributed by atoms with van der Waals surface area (Å²) in [5, 5.41) is 15.4. The van der Waals surface area contributed by atoms with E-state index in [2.05, 4.69) is 47.3 Å². The van der Waals surface area contributed by atoms with E-state index in [-0.39, 0.29) is 5.95 Å². The molecule has 23 heavy (non-hydrogen) atoms. The van der Waals surface area contributed by atoms with Gasteiger partial charge in [-0.2, -0.15) is 21.4 Å². The number of fused-ring (bicyclic) bond motifs is 1. The van der Waals surface area contributed by atoms with Crippen molar-refractivity contribution in [2.24, 2.45) is 0 Å². The minimum Gasteiger partial charge on any atom is -0.368 e. The van der Waals surface area contributed by atoms with E-state index in [1.165, 1.54) is 5.56 Å². The Bertz CT molecular complexity index is 946. The number of nitrogens with two attached hydrogens (primary N) is 1. The van der Waals surface area contributed by atoms with Crippen molar-refractivity contribution in [2.75, 3.05) is 11.1 Å². The molecule has 0 fully saturated rings. The number of nitrogen functional groups attached to an aromatic ring is 1. The Kier molecular flexibility index (Phi) is 3.35. The number of rotatable bonds is 4. The Morgan fingerprint density at radius 2 is 2.17 bits per heavy atom. The summed E-state index contributed by atoms with van der Waals surface area (Å²) in [5.41, 5.74) is 8.90. The van der Waals surface area contributed by atoms with Crippen LogP contribution in [0.3, 0.4) is 0 Å². The first kappa shape index (κ1) is 13.6. The molecule has 8 heteroatoms. The van der Waals surface area contributed by atoms with Crippen LogP contribution < -0.4 is 11.1 Å². The maximum atomic E-state index is 5.58. The molecule has 0 aliphatic rings. The lowest BCUT2D eigenvalue weighted by atomic mass is 10.2. The molecular formula is C15H13N7S. The Hall–Kier alpha value is -3.00. The molecule has 0 radical (unpaired) electrons. The smallest absolute Gasteiger partial charge is 0.222 e. The quantitative estimate of drug-likeness (QED) is 0.533. The molecule has 0 atom stereocenters. The molecule has 4 N–H and O–H groups in total. The van der Waals surface area contributed by atoms with Gasteiger partial charge in [-0.1, -0.05) is 6.07 Å². The van der Waals surface area contributed by atoms with Crippen molar-refractivity contribution in [1.82, 2.24) is 25.1 Å². The second-order valence-electron chi connectivity index (χ2n) is 4.96. The molecular weight excluding hydrogens is 310 g/mol. The first-order chi connectivity index (χ1) is 11.3. The zero-order chi connectivity index (χ0) is 15.6. The highest BCUT2D eigenvalue weighted by molar-refractivity contribution is 7.07. The van der Waals surface area contributed by atoms with Crippen LogP contribution in [0.2, 0.25) is 0 Å². The molecule has 0 saturated heterocycles. The van der Waals surface area contributed by atoms with Gasteiger partial charge in [0, 0.05) is 12.7 Å². The fraction of sp³-hybridized carbons (Fsp3) is 0.0667. The van der Waals surface area contributed by atoms with E-state index in [0.29, 0.717) is 5.65 Å². The van der Waals surface area contributed by atoms with E-state index in [9.17, 15) is 0 Å². The average Bonchev–Trinajstić information content (AvgIpc) is 3.22. The van der Waals surface area contributed by atoms with Gasteiger partial charge in [-0.15, -0.1) is 0 Å². The number of pyridine rings is 1. The lowest BCUT2D eigenvalue weighted by molar-refractivity contribution is 1.08. The van der Waals surface area contributed by atoms with Crippen molar-refractivity contribution in [3.63, 3.8) is 0 Å². The third-order valence-corrected chi connectivity index (χ3v) is 4.12. The fourth-order valence-corrected chi connectivity index (χ4v) is 2.94. The van der Waals surface area contributed by atoms with Gasteiger partial charge in [-0.3, -0.25) is 5.10 Å². The van der Waals surface area contributed by atoms with Crippen molar-refractivity contribution >= 4 is 34.1 Å². The average molecular weight is 323 g/mol. The van der Waals surface area contributed by atoms with Crippen LogP contribution in [0.1, 0.15) is 5.56 Å². The van der Waals surface area contributed by atoms with Crippen LogP contribution >= 0.6 is 11.3 Å². The van der Waals surface area contributed by atoms with Crippen molar-refractivity contribution in [1.29, 1.82) is 0 Å². The minimum absolute atomic E-state index is 0.203. The largest absolute Gasteiger partial charge is 0.368 e. The SMILES string of the molecule is Nc1ncc2c(-c3cccc(NCc4ccsc4)n3)[nH]nc2n1. The summed E-state index contributed by atoms with van der Waals surface area (Å²) < 4.78 is 0. The van der Waals surface area contributed by atoms with Crippen molar-refractivity contribution in [3.05, 3.63) is 46.8 Å². The maximum Gasteiger partial charge on any atom is 0.222 e. The van der Waals surface area contributed by atoms with Gasteiger partial charge >= 0.3 is 0 Å². The molecule has 0 aromatic carbocycles. The van der Waals surface area contributed by atoms with Gasteiger partial charge in [-0.05, 0) is 34.5 Å². The van der Waals surface area contributed by atoms with E-state index < -0.39 is 0 Å². The normalized spacial score (nSPS) is 11.0. The highest BCUT2D eigenvalue weighted by Gasteiger charge is 2.11. The number of anilines is 2. The second-order valence-corrected chi connectivity index (χ2v) is 5.74. The van der Waals surface area contributed by atoms with Gasteiger partial charge in [0.25, 0.3) is 0 Å². The highest BCUT2D eigenvalue weighted by Crippen LogP contribution is 2.24. The molecule has 0 bridgehead atoms. The third kappa shape index (κ3) is 2.71. The van der Waals surface area contributed by atoms with E-state index >= 15 is 0 Å². The maximum absolute atomic E-state index is 5.58. The van der Waals surface area contributed by atoms with Gasteiger partial charge in [0.15, 0.2) is 5.65 Å². The first-order valence-corrected chi connectivity index (χ1v) is 7.93. The number of aromatic nitrogens is 5. The van der Waals surface area contributed by atoms with Gasteiger partial charge in [-0.25, -0.2) is 9.97 Å². The predicted octanol–water partition coefficient (Wildman–Crippen LogP) is 2.67. The number of nitrogens with one attached hydrogen (secondary N) is 2. The van der Waals surface area contributed by atoms with Crippen molar-refractivity contribution in [2.45, 2.75) is 6.54 Å². The van der Waals surface area contributed by atoms with Crippen LogP contribution in [0.15, 0.2) is 41.2 Å². The molecule has 0 aliphatic heterocycles. The van der Waals surface area contributed by atoms with Gasteiger partial charge in [0.1, 0.15) is 5.82 Å². The summed E-state index contributed by atoms with van der Waals surface area (Å²) in [7, 11) is 0. The molecule has 0 saturated carbocycles. The predicted molar refractivity (Wildman–Crippen MR) is 91.0 cm³/mol. The van der Waals surface area contributed by atoms with Crippen LogP contribution in [-0.2, 0) is 6.54 Å². The van der Waals surface area contributed by atoms with E-state index in [4.69, 9.17) is 5.73 Å². The van der Waals surface area contributed by atoms with Crippen LogP contribution in [0, 0.1) is 0 Å². The number of nitrogens with zero attached hydrogens (tertiary/aromatic N) is 4. The summed E-state index contributed by atoms with van der Waals surface area (Å²) in [4.78, 5) is 12.7. The van der Waals surface area contributed by atoms with Gasteiger partial charge in [0.05, 0.1) is 16.8 Å². The Morgan fingerprint density at radius 1 is 1.22 bits per heavy atom. The monoisotopic (exact) mass is 323 g/mol. The topological polar surface area (TPSA) is 105 Å². The molecule has 4 heterocycles. The van der Waals surface area contributed by atoms with Gasteiger partial charge < -0.3 is 11.1 Å². The zero-order valence-corrected chi connectivity index (χ0v) is 12.8. The van der Waals surface area contributed by atoms with Crippen LogP contribution in [0.4, 0.5) is 11.8 Å². The molecule has 0 amide bonds. The van der Waals surface area contributed by atoms with Crippen LogP contribution in [0.5, 0.6) is 0 Å². The number of thiophene rings is 1. The van der Waals surface area contributed by atoms with Crippen LogP contribution in [0.25, 0.3) is 22.4 Å². The zero-order valence-electron chi connectivity index (χ0n) is 12.0.